The molecule has 4 heteroatoms. The number of amides is 1. The van der Waals surface area contributed by atoms with E-state index in [0.717, 1.165) is 23.4 Å². The van der Waals surface area contributed by atoms with Crippen molar-refractivity contribution in [1.29, 1.82) is 0 Å². The number of hydrogen-bond donors (Lipinski definition) is 1. The Morgan fingerprint density at radius 2 is 2.00 bits per heavy atom. The van der Waals surface area contributed by atoms with Crippen molar-refractivity contribution in [1.82, 2.24) is 4.90 Å². The maximum Gasteiger partial charge on any atom is 0.256 e. The molecule has 4 nitrogen and oxygen atoms in total. The van der Waals surface area contributed by atoms with Gasteiger partial charge in [0.05, 0.1) is 17.8 Å². The molecule has 1 aromatic rings. The second kappa shape index (κ2) is 6.27. The van der Waals surface area contributed by atoms with E-state index in [-0.39, 0.29) is 18.1 Å². The lowest BCUT2D eigenvalue weighted by atomic mass is 10.1. The number of carbonyl (C=O) groups is 1. The van der Waals surface area contributed by atoms with Crippen LogP contribution in [0.4, 0.5) is 5.69 Å². The van der Waals surface area contributed by atoms with Crippen LogP contribution in [0.25, 0.3) is 0 Å². The number of carbonyl (C=O) groups excluding carboxylic acids is 1. The third-order valence-electron chi connectivity index (χ3n) is 3.48. The van der Waals surface area contributed by atoms with E-state index in [1.807, 2.05) is 50.8 Å². The molecule has 1 heterocycles. The molecule has 110 valence electrons. The fourth-order valence-electron chi connectivity index (χ4n) is 2.70. The number of nitrogens with one attached hydrogen (secondary N) is 1. The summed E-state index contributed by atoms with van der Waals surface area (Å²) in [5, 5.41) is 3.28. The zero-order valence-electron chi connectivity index (χ0n) is 12.8. The molecular weight excluding hydrogens is 252 g/mol. The molecule has 0 aromatic heterocycles. The Kier molecular flexibility index (Phi) is 4.65. The summed E-state index contributed by atoms with van der Waals surface area (Å²) in [5.74, 6) is 0.0861. The quantitative estimate of drug-likeness (QED) is 0.923. The highest BCUT2D eigenvalue weighted by atomic mass is 16.5. The van der Waals surface area contributed by atoms with Gasteiger partial charge in [0.25, 0.3) is 5.91 Å². The lowest BCUT2D eigenvalue weighted by Gasteiger charge is -2.35. The van der Waals surface area contributed by atoms with Crippen LogP contribution in [0.5, 0.6) is 0 Å². The van der Waals surface area contributed by atoms with Crippen LogP contribution in [0, 0.1) is 6.92 Å². The number of anilines is 1. The molecule has 1 aliphatic rings. The minimum absolute atomic E-state index is 0.0861. The van der Waals surface area contributed by atoms with Gasteiger partial charge in [0.15, 0.2) is 0 Å². The van der Waals surface area contributed by atoms with Crippen molar-refractivity contribution in [3.8, 4) is 0 Å². The van der Waals surface area contributed by atoms with Crippen molar-refractivity contribution in [2.45, 2.75) is 39.9 Å². The molecule has 0 aliphatic carbocycles. The van der Waals surface area contributed by atoms with Gasteiger partial charge in [0.2, 0.25) is 0 Å². The summed E-state index contributed by atoms with van der Waals surface area (Å²) in [6, 6.07) is 5.94. The van der Waals surface area contributed by atoms with Gasteiger partial charge in [-0.2, -0.15) is 0 Å². The van der Waals surface area contributed by atoms with Crippen molar-refractivity contribution in [3.05, 3.63) is 29.3 Å². The fourth-order valence-corrected chi connectivity index (χ4v) is 2.70. The summed E-state index contributed by atoms with van der Waals surface area (Å²) >= 11 is 0. The van der Waals surface area contributed by atoms with E-state index in [9.17, 15) is 4.79 Å². The first-order chi connectivity index (χ1) is 9.51. The van der Waals surface area contributed by atoms with Crippen LogP contribution in [-0.2, 0) is 4.74 Å². The molecule has 1 N–H and O–H groups in total. The van der Waals surface area contributed by atoms with Crippen LogP contribution in [0.2, 0.25) is 0 Å². The molecule has 0 saturated carbocycles. The third kappa shape index (κ3) is 3.31. The fraction of sp³-hybridized carbons (Fsp3) is 0.562. The standard InChI is InChI=1S/C16H24N2O2/c1-5-17-15-8-11(2)6-7-14(15)16(19)18-9-12(3)20-13(4)10-18/h6-8,12-13,17H,5,9-10H2,1-4H3. The van der Waals surface area contributed by atoms with E-state index in [0.29, 0.717) is 13.1 Å². The van der Waals surface area contributed by atoms with Crippen LogP contribution in [0.3, 0.4) is 0 Å². The van der Waals surface area contributed by atoms with Crippen molar-refractivity contribution < 1.29 is 9.53 Å². The SMILES string of the molecule is CCNc1cc(C)ccc1C(=O)N1CC(C)OC(C)C1. The molecular formula is C16H24N2O2. The summed E-state index contributed by atoms with van der Waals surface area (Å²) in [5.41, 5.74) is 2.82. The minimum Gasteiger partial charge on any atom is -0.385 e. The molecule has 0 spiro atoms. The van der Waals surface area contributed by atoms with Gasteiger partial charge in [0.1, 0.15) is 0 Å². The van der Waals surface area contributed by atoms with Gasteiger partial charge in [-0.3, -0.25) is 4.79 Å². The van der Waals surface area contributed by atoms with E-state index in [4.69, 9.17) is 4.74 Å². The summed E-state index contributed by atoms with van der Waals surface area (Å²) in [7, 11) is 0. The van der Waals surface area contributed by atoms with Gasteiger partial charge >= 0.3 is 0 Å². The first kappa shape index (κ1) is 14.9. The highest BCUT2D eigenvalue weighted by Gasteiger charge is 2.27. The topological polar surface area (TPSA) is 41.6 Å². The summed E-state index contributed by atoms with van der Waals surface area (Å²) in [6.45, 7) is 10.2. The second-order valence-electron chi connectivity index (χ2n) is 5.55. The smallest absolute Gasteiger partial charge is 0.256 e. The van der Waals surface area contributed by atoms with Crippen molar-refractivity contribution in [2.24, 2.45) is 0 Å². The Morgan fingerprint density at radius 3 is 2.60 bits per heavy atom. The zero-order valence-corrected chi connectivity index (χ0v) is 12.8. The molecule has 20 heavy (non-hydrogen) atoms. The van der Waals surface area contributed by atoms with Crippen molar-refractivity contribution in [2.75, 3.05) is 25.0 Å². The van der Waals surface area contributed by atoms with Crippen LogP contribution in [0.15, 0.2) is 18.2 Å². The zero-order chi connectivity index (χ0) is 14.7. The highest BCUT2D eigenvalue weighted by Crippen LogP contribution is 2.21. The summed E-state index contributed by atoms with van der Waals surface area (Å²) in [4.78, 5) is 14.6. The van der Waals surface area contributed by atoms with Crippen LogP contribution in [-0.4, -0.2) is 42.6 Å². The first-order valence-electron chi connectivity index (χ1n) is 7.30. The van der Waals surface area contributed by atoms with E-state index >= 15 is 0 Å². The normalized spacial score (nSPS) is 22.7. The van der Waals surface area contributed by atoms with Crippen LogP contribution in [0.1, 0.15) is 36.7 Å². The summed E-state index contributed by atoms with van der Waals surface area (Å²) < 4.78 is 5.69. The number of morpholine rings is 1. The van der Waals surface area contributed by atoms with E-state index in [1.165, 1.54) is 0 Å². The first-order valence-corrected chi connectivity index (χ1v) is 7.30. The Hall–Kier alpha value is -1.55. The molecule has 1 amide bonds. The Bertz CT molecular complexity index is 477. The number of hydrogen-bond acceptors (Lipinski definition) is 3. The average molecular weight is 276 g/mol. The number of ether oxygens (including phenoxy) is 1. The number of nitrogens with zero attached hydrogens (tertiary/aromatic N) is 1. The lowest BCUT2D eigenvalue weighted by Crippen LogP contribution is -2.48. The molecule has 1 aliphatic heterocycles. The Morgan fingerprint density at radius 1 is 1.35 bits per heavy atom. The van der Waals surface area contributed by atoms with Gasteiger partial charge in [-0.05, 0) is 45.4 Å². The van der Waals surface area contributed by atoms with Crippen molar-refractivity contribution >= 4 is 11.6 Å². The highest BCUT2D eigenvalue weighted by molar-refractivity contribution is 5.99. The predicted molar refractivity (Wildman–Crippen MR) is 81.3 cm³/mol. The predicted octanol–water partition coefficient (Wildman–Crippen LogP) is 2.68. The lowest BCUT2D eigenvalue weighted by molar-refractivity contribution is -0.0585. The number of aryl methyl sites for hydroxylation is 1. The average Bonchev–Trinajstić information content (AvgIpc) is 2.37. The van der Waals surface area contributed by atoms with Crippen LogP contribution >= 0.6 is 0 Å². The molecule has 2 unspecified atom stereocenters. The van der Waals surface area contributed by atoms with Crippen LogP contribution < -0.4 is 5.32 Å². The van der Waals surface area contributed by atoms with Gasteiger partial charge in [-0.25, -0.2) is 0 Å². The van der Waals surface area contributed by atoms with Gasteiger partial charge < -0.3 is 15.0 Å². The molecule has 1 aromatic carbocycles. The van der Waals surface area contributed by atoms with Gasteiger partial charge in [-0.15, -0.1) is 0 Å². The molecule has 2 rings (SSSR count). The third-order valence-corrected chi connectivity index (χ3v) is 3.48. The number of benzene rings is 1. The van der Waals surface area contributed by atoms with E-state index in [2.05, 4.69) is 5.32 Å². The maximum absolute atomic E-state index is 12.7. The monoisotopic (exact) mass is 276 g/mol. The molecule has 1 saturated heterocycles. The van der Waals surface area contributed by atoms with E-state index in [1.54, 1.807) is 0 Å². The molecule has 0 bridgehead atoms. The maximum atomic E-state index is 12.7. The van der Waals surface area contributed by atoms with Gasteiger partial charge in [-0.1, -0.05) is 6.07 Å². The Balaban J connectivity index is 2.24. The minimum atomic E-state index is 0.0861. The largest absolute Gasteiger partial charge is 0.385 e. The molecule has 1 fully saturated rings. The number of rotatable bonds is 3. The molecule has 0 radical (unpaired) electrons. The van der Waals surface area contributed by atoms with Gasteiger partial charge in [0, 0.05) is 25.3 Å². The second-order valence-corrected chi connectivity index (χ2v) is 5.55. The summed E-state index contributed by atoms with van der Waals surface area (Å²) in [6.07, 6.45) is 0.187. The van der Waals surface area contributed by atoms with Crippen molar-refractivity contribution in [3.63, 3.8) is 0 Å². The molecule has 2 atom stereocenters. The Labute approximate surface area is 121 Å². The van der Waals surface area contributed by atoms with E-state index < -0.39 is 0 Å².